The molecule has 0 aliphatic rings. The number of aromatic nitrogens is 1. The van der Waals surface area contributed by atoms with Crippen LogP contribution in [0.1, 0.15) is 20.8 Å². The molecule has 1 aromatic heterocycles. The van der Waals surface area contributed by atoms with E-state index in [4.69, 9.17) is 5.73 Å². The lowest BCUT2D eigenvalue weighted by Crippen LogP contribution is -2.17. The molecule has 1 aromatic carbocycles. The number of hydrogen-bond donors (Lipinski definition) is 2. The van der Waals surface area contributed by atoms with Crippen LogP contribution in [-0.2, 0) is 0 Å². The van der Waals surface area contributed by atoms with Crippen molar-refractivity contribution in [1.82, 2.24) is 4.98 Å². The van der Waals surface area contributed by atoms with Gasteiger partial charge < -0.3 is 11.1 Å². The minimum atomic E-state index is -0.653. The predicted octanol–water partition coefficient (Wildman–Crippen LogP) is 2.22. The van der Waals surface area contributed by atoms with Gasteiger partial charge in [0.15, 0.2) is 10.0 Å². The van der Waals surface area contributed by atoms with E-state index in [2.05, 4.69) is 10.3 Å². The number of thiazole rings is 1. The summed E-state index contributed by atoms with van der Waals surface area (Å²) in [5, 5.41) is 3.05. The first-order valence-electron chi connectivity index (χ1n) is 5.33. The Kier molecular flexibility index (Phi) is 4.18. The zero-order chi connectivity index (χ0) is 13.8. The fourth-order valence-corrected chi connectivity index (χ4v) is 2.87. The van der Waals surface area contributed by atoms with E-state index in [0.29, 0.717) is 14.9 Å². The predicted molar refractivity (Wildman–Crippen MR) is 76.8 cm³/mol. The van der Waals surface area contributed by atoms with E-state index in [1.54, 1.807) is 24.3 Å². The Labute approximate surface area is 118 Å². The van der Waals surface area contributed by atoms with Crippen molar-refractivity contribution >= 4 is 39.9 Å². The van der Waals surface area contributed by atoms with Crippen molar-refractivity contribution in [3.05, 3.63) is 41.6 Å². The van der Waals surface area contributed by atoms with Gasteiger partial charge in [-0.3, -0.25) is 9.59 Å². The summed E-state index contributed by atoms with van der Waals surface area (Å²) < 4.78 is 0.678. The standard InChI is InChI=1S/C12H11N3O2S2/c1-18-12-14-8(9(13)16)11(19-12)15-10(17)7-5-3-2-4-6-7/h2-6H,1H3,(H2,13,16)(H,15,17). The van der Waals surface area contributed by atoms with Crippen LogP contribution in [0.15, 0.2) is 34.7 Å². The van der Waals surface area contributed by atoms with Gasteiger partial charge in [-0.25, -0.2) is 4.98 Å². The Morgan fingerprint density at radius 2 is 2.00 bits per heavy atom. The van der Waals surface area contributed by atoms with Crippen molar-refractivity contribution < 1.29 is 9.59 Å². The molecule has 0 aliphatic heterocycles. The Hall–Kier alpha value is -1.86. The number of carbonyl (C=O) groups excluding carboxylic acids is 2. The Morgan fingerprint density at radius 3 is 2.58 bits per heavy atom. The molecule has 0 saturated heterocycles. The van der Waals surface area contributed by atoms with Gasteiger partial charge in [0.05, 0.1) is 0 Å². The van der Waals surface area contributed by atoms with Crippen LogP contribution in [0.3, 0.4) is 0 Å². The van der Waals surface area contributed by atoms with Gasteiger partial charge in [-0.1, -0.05) is 41.3 Å². The number of carbonyl (C=O) groups is 2. The SMILES string of the molecule is CSc1nc(C(N)=O)c(NC(=O)c2ccccc2)s1. The number of hydrogen-bond acceptors (Lipinski definition) is 5. The molecule has 0 atom stereocenters. The third-order valence-corrected chi connectivity index (χ3v) is 4.23. The van der Waals surface area contributed by atoms with Crippen LogP contribution in [0.4, 0.5) is 5.00 Å². The smallest absolute Gasteiger partial charge is 0.270 e. The molecule has 0 unspecified atom stereocenters. The molecule has 1 heterocycles. The second-order valence-corrected chi connectivity index (χ2v) is 5.60. The molecule has 2 rings (SSSR count). The van der Waals surface area contributed by atoms with E-state index in [1.807, 2.05) is 12.3 Å². The van der Waals surface area contributed by atoms with E-state index in [0.717, 1.165) is 0 Å². The lowest BCUT2D eigenvalue weighted by atomic mass is 10.2. The quantitative estimate of drug-likeness (QED) is 0.846. The van der Waals surface area contributed by atoms with E-state index in [-0.39, 0.29) is 11.6 Å². The summed E-state index contributed by atoms with van der Waals surface area (Å²) in [5.74, 6) is -0.945. The molecular formula is C12H11N3O2S2. The zero-order valence-corrected chi connectivity index (χ0v) is 11.7. The molecule has 19 heavy (non-hydrogen) atoms. The van der Waals surface area contributed by atoms with Crippen LogP contribution in [0.5, 0.6) is 0 Å². The fraction of sp³-hybridized carbons (Fsp3) is 0.0833. The van der Waals surface area contributed by atoms with Crippen molar-refractivity contribution in [2.45, 2.75) is 4.34 Å². The molecule has 0 radical (unpaired) electrons. The second kappa shape index (κ2) is 5.85. The maximum absolute atomic E-state index is 12.0. The van der Waals surface area contributed by atoms with Gasteiger partial charge in [0, 0.05) is 5.56 Å². The van der Waals surface area contributed by atoms with Gasteiger partial charge in [-0.05, 0) is 18.4 Å². The third-order valence-electron chi connectivity index (χ3n) is 2.28. The van der Waals surface area contributed by atoms with Crippen LogP contribution < -0.4 is 11.1 Å². The maximum Gasteiger partial charge on any atom is 0.270 e. The fourth-order valence-electron chi connectivity index (χ4n) is 1.40. The Bertz CT molecular complexity index is 611. The van der Waals surface area contributed by atoms with Crippen molar-refractivity contribution in [2.75, 3.05) is 11.6 Å². The highest BCUT2D eigenvalue weighted by Crippen LogP contribution is 2.30. The summed E-state index contributed by atoms with van der Waals surface area (Å²) in [6.45, 7) is 0. The van der Waals surface area contributed by atoms with E-state index < -0.39 is 5.91 Å². The van der Waals surface area contributed by atoms with Crippen LogP contribution in [0, 0.1) is 0 Å². The minimum Gasteiger partial charge on any atom is -0.364 e. The highest BCUT2D eigenvalue weighted by Gasteiger charge is 2.18. The van der Waals surface area contributed by atoms with E-state index in [9.17, 15) is 9.59 Å². The number of nitrogens with one attached hydrogen (secondary N) is 1. The third kappa shape index (κ3) is 3.12. The van der Waals surface area contributed by atoms with Gasteiger partial charge in [0.25, 0.3) is 11.8 Å². The number of amides is 2. The Morgan fingerprint density at radius 1 is 1.32 bits per heavy atom. The van der Waals surface area contributed by atoms with Gasteiger partial charge in [0.2, 0.25) is 0 Å². The normalized spacial score (nSPS) is 10.2. The first kappa shape index (κ1) is 13.6. The molecule has 98 valence electrons. The molecule has 2 amide bonds. The second-order valence-electron chi connectivity index (χ2n) is 3.55. The first-order chi connectivity index (χ1) is 9.11. The van der Waals surface area contributed by atoms with Gasteiger partial charge in [-0.2, -0.15) is 0 Å². The van der Waals surface area contributed by atoms with Crippen LogP contribution in [0.25, 0.3) is 0 Å². The molecule has 7 heteroatoms. The number of anilines is 1. The molecule has 0 bridgehead atoms. The maximum atomic E-state index is 12.0. The van der Waals surface area contributed by atoms with Crippen LogP contribution in [0.2, 0.25) is 0 Å². The van der Waals surface area contributed by atoms with Gasteiger partial charge in [0.1, 0.15) is 5.00 Å². The van der Waals surface area contributed by atoms with Crippen molar-refractivity contribution in [3.63, 3.8) is 0 Å². The molecule has 0 fully saturated rings. The highest BCUT2D eigenvalue weighted by atomic mass is 32.2. The molecule has 0 saturated carbocycles. The van der Waals surface area contributed by atoms with Crippen molar-refractivity contribution in [2.24, 2.45) is 5.73 Å². The first-order valence-corrected chi connectivity index (χ1v) is 7.37. The van der Waals surface area contributed by atoms with Crippen molar-refractivity contribution in [1.29, 1.82) is 0 Å². The number of nitrogens with zero attached hydrogens (tertiary/aromatic N) is 1. The molecule has 3 N–H and O–H groups in total. The monoisotopic (exact) mass is 293 g/mol. The van der Waals surface area contributed by atoms with E-state index in [1.165, 1.54) is 23.1 Å². The lowest BCUT2D eigenvalue weighted by Gasteiger charge is -2.03. The van der Waals surface area contributed by atoms with Crippen LogP contribution >= 0.6 is 23.1 Å². The largest absolute Gasteiger partial charge is 0.364 e. The minimum absolute atomic E-state index is 0.0960. The summed E-state index contributed by atoms with van der Waals surface area (Å²) in [4.78, 5) is 27.3. The topological polar surface area (TPSA) is 85.1 Å². The number of primary amides is 1. The number of thioether (sulfide) groups is 1. The molecule has 2 aromatic rings. The Balaban J connectivity index is 2.26. The molecule has 5 nitrogen and oxygen atoms in total. The summed E-state index contributed by atoms with van der Waals surface area (Å²) in [5.41, 5.74) is 5.85. The summed E-state index contributed by atoms with van der Waals surface area (Å²) in [6, 6.07) is 8.74. The molecular weight excluding hydrogens is 282 g/mol. The summed E-state index contributed by atoms with van der Waals surface area (Å²) in [7, 11) is 0. The summed E-state index contributed by atoms with van der Waals surface area (Å²) in [6.07, 6.45) is 1.84. The summed E-state index contributed by atoms with van der Waals surface area (Å²) >= 11 is 2.62. The average molecular weight is 293 g/mol. The van der Waals surface area contributed by atoms with Crippen LogP contribution in [-0.4, -0.2) is 23.1 Å². The van der Waals surface area contributed by atoms with Gasteiger partial charge >= 0.3 is 0 Å². The van der Waals surface area contributed by atoms with Gasteiger partial charge in [-0.15, -0.1) is 0 Å². The molecule has 0 aliphatic carbocycles. The highest BCUT2D eigenvalue weighted by molar-refractivity contribution is 8.00. The number of rotatable bonds is 4. The number of nitrogens with two attached hydrogens (primary N) is 1. The average Bonchev–Trinajstić information content (AvgIpc) is 2.83. The van der Waals surface area contributed by atoms with Crippen molar-refractivity contribution in [3.8, 4) is 0 Å². The zero-order valence-electron chi connectivity index (χ0n) is 10.0. The lowest BCUT2D eigenvalue weighted by molar-refractivity contribution is 0.0996. The number of benzene rings is 1. The molecule has 0 spiro atoms. The van der Waals surface area contributed by atoms with E-state index >= 15 is 0 Å².